The second-order valence-electron chi connectivity index (χ2n) is 8.65. The summed E-state index contributed by atoms with van der Waals surface area (Å²) in [4.78, 5) is 26.1. The molecule has 5 rings (SSSR count). The summed E-state index contributed by atoms with van der Waals surface area (Å²) in [5.41, 5.74) is 1.34. The highest BCUT2D eigenvalue weighted by molar-refractivity contribution is 5.61. The van der Waals surface area contributed by atoms with Crippen LogP contribution in [0.5, 0.6) is 5.75 Å². The van der Waals surface area contributed by atoms with Gasteiger partial charge < -0.3 is 24.7 Å². The van der Waals surface area contributed by atoms with Crippen LogP contribution in [0.15, 0.2) is 52.2 Å². The molecule has 0 radical (unpaired) electrons. The lowest BCUT2D eigenvalue weighted by molar-refractivity contribution is -0.274. The van der Waals surface area contributed by atoms with Crippen molar-refractivity contribution in [2.45, 2.75) is 38.2 Å². The molecule has 3 aromatic rings. The molecule has 1 aliphatic carbocycles. The normalized spacial score (nSPS) is 15.4. The number of pyridine rings is 1. The fourth-order valence-corrected chi connectivity index (χ4v) is 4.32. The predicted molar refractivity (Wildman–Crippen MR) is 125 cm³/mol. The Bertz CT molecular complexity index is 1360. The maximum absolute atomic E-state index is 13.1. The van der Waals surface area contributed by atoms with Crippen LogP contribution in [0.25, 0.3) is 5.69 Å². The molecule has 0 unspecified atom stereocenters. The molecule has 3 heterocycles. The van der Waals surface area contributed by atoms with Gasteiger partial charge in [0.05, 0.1) is 24.9 Å². The van der Waals surface area contributed by atoms with Crippen molar-refractivity contribution >= 4 is 11.5 Å². The van der Waals surface area contributed by atoms with Gasteiger partial charge in [-0.15, -0.1) is 18.3 Å². The van der Waals surface area contributed by atoms with Gasteiger partial charge in [0.2, 0.25) is 0 Å². The molecular weight excluding hydrogens is 479 g/mol. The van der Waals surface area contributed by atoms with Gasteiger partial charge in [0.25, 0.3) is 11.1 Å². The molecule has 0 saturated carbocycles. The van der Waals surface area contributed by atoms with Crippen molar-refractivity contribution in [3.63, 3.8) is 0 Å². The summed E-state index contributed by atoms with van der Waals surface area (Å²) in [7, 11) is 0. The van der Waals surface area contributed by atoms with Crippen LogP contribution >= 0.6 is 0 Å². The second-order valence-corrected chi connectivity index (χ2v) is 8.65. The van der Waals surface area contributed by atoms with Gasteiger partial charge in [0, 0.05) is 30.4 Å². The van der Waals surface area contributed by atoms with Crippen molar-refractivity contribution in [1.29, 1.82) is 0 Å². The summed E-state index contributed by atoms with van der Waals surface area (Å²) < 4.78 is 49.2. The van der Waals surface area contributed by atoms with Crippen LogP contribution in [-0.4, -0.2) is 46.5 Å². The molecule has 2 aliphatic rings. The number of halogens is 3. The largest absolute Gasteiger partial charge is 0.573 e. The average Bonchev–Trinajstić information content (AvgIpc) is 3.30. The molecule has 2 aromatic heterocycles. The van der Waals surface area contributed by atoms with Gasteiger partial charge in [-0.3, -0.25) is 9.59 Å². The third-order valence-electron chi connectivity index (χ3n) is 6.17. The van der Waals surface area contributed by atoms with Gasteiger partial charge in [-0.05, 0) is 55.7 Å². The molecule has 36 heavy (non-hydrogen) atoms. The number of aromatic nitrogens is 3. The third-order valence-corrected chi connectivity index (χ3v) is 6.17. The average molecular weight is 503 g/mol. The van der Waals surface area contributed by atoms with E-state index >= 15 is 0 Å². The highest BCUT2D eigenvalue weighted by Gasteiger charge is 2.31. The number of rotatable bonds is 8. The molecule has 2 N–H and O–H groups in total. The molecule has 0 bridgehead atoms. The summed E-state index contributed by atoms with van der Waals surface area (Å²) in [6.07, 6.45) is -1.16. The minimum atomic E-state index is -4.81. The van der Waals surface area contributed by atoms with E-state index in [9.17, 15) is 22.8 Å². The number of fused-ring (bicyclic) bond motifs is 1. The summed E-state index contributed by atoms with van der Waals surface area (Å²) in [6, 6.07) is 8.61. The van der Waals surface area contributed by atoms with E-state index in [1.807, 2.05) is 0 Å². The quantitative estimate of drug-likeness (QED) is 0.487. The Morgan fingerprint density at radius 3 is 2.50 bits per heavy atom. The van der Waals surface area contributed by atoms with E-state index in [4.69, 9.17) is 4.74 Å². The third kappa shape index (κ3) is 5.14. The molecule has 1 fully saturated rings. The zero-order valence-electron chi connectivity index (χ0n) is 19.2. The molecule has 0 amide bonds. The van der Waals surface area contributed by atoms with Gasteiger partial charge >= 0.3 is 6.36 Å². The van der Waals surface area contributed by atoms with E-state index in [0.717, 1.165) is 28.8 Å². The van der Waals surface area contributed by atoms with Crippen molar-refractivity contribution in [3.8, 4) is 11.4 Å². The minimum Gasteiger partial charge on any atom is -0.406 e. The number of anilines is 2. The summed E-state index contributed by atoms with van der Waals surface area (Å²) in [6.45, 7) is 2.42. The summed E-state index contributed by atoms with van der Waals surface area (Å²) >= 11 is 0. The first-order valence-corrected chi connectivity index (χ1v) is 11.6. The van der Waals surface area contributed by atoms with Crippen LogP contribution < -0.4 is 26.5 Å². The van der Waals surface area contributed by atoms with E-state index in [-0.39, 0.29) is 16.8 Å². The smallest absolute Gasteiger partial charge is 0.406 e. The molecule has 1 aromatic carbocycles. The number of alkyl halides is 3. The number of hydrogen-bond acceptors (Lipinski definition) is 7. The van der Waals surface area contributed by atoms with Crippen LogP contribution in [0.4, 0.5) is 24.7 Å². The Kier molecular flexibility index (Phi) is 6.54. The number of nitrogens with zero attached hydrogens (tertiary/aromatic N) is 3. The standard InChI is InChI=1S/C24H24F3N5O4/c25-24(26,27)36-17-8-6-16(7-9-17)32-22(33)19-4-1-3-18(19)21(30-32)29-20-5-2-11-31(23(20)34)12-10-28-15-13-35-14-15/h2,5-9,11,15,28H,1,3-4,10,12-14H2,(H,29,30). The Balaban J connectivity index is 1.42. The predicted octanol–water partition coefficient (Wildman–Crippen LogP) is 2.51. The fraction of sp³-hybridized carbons (Fsp3) is 0.375. The highest BCUT2D eigenvalue weighted by Crippen LogP contribution is 2.28. The highest BCUT2D eigenvalue weighted by atomic mass is 19.4. The van der Waals surface area contributed by atoms with Crippen LogP contribution in [0, 0.1) is 0 Å². The van der Waals surface area contributed by atoms with Gasteiger partial charge in [0.1, 0.15) is 11.4 Å². The van der Waals surface area contributed by atoms with E-state index in [1.54, 1.807) is 22.9 Å². The van der Waals surface area contributed by atoms with Crippen LogP contribution in [0.2, 0.25) is 0 Å². The fourth-order valence-electron chi connectivity index (χ4n) is 4.32. The summed E-state index contributed by atoms with van der Waals surface area (Å²) in [5.74, 6) is -0.0275. The van der Waals surface area contributed by atoms with Gasteiger partial charge in [-0.25, -0.2) is 0 Å². The SMILES string of the molecule is O=c1c(Nc2nn(-c3ccc(OC(F)(F)F)cc3)c(=O)c3c2CCC3)cccn1CCNC1COC1. The lowest BCUT2D eigenvalue weighted by Gasteiger charge is -2.27. The van der Waals surface area contributed by atoms with Crippen molar-refractivity contribution in [2.24, 2.45) is 0 Å². The van der Waals surface area contributed by atoms with E-state index in [2.05, 4.69) is 20.5 Å². The van der Waals surface area contributed by atoms with Crippen LogP contribution in [0.3, 0.4) is 0 Å². The van der Waals surface area contributed by atoms with Gasteiger partial charge in [-0.1, -0.05) is 0 Å². The molecule has 190 valence electrons. The molecule has 1 aliphatic heterocycles. The van der Waals surface area contributed by atoms with Gasteiger partial charge in [0.15, 0.2) is 5.82 Å². The van der Waals surface area contributed by atoms with E-state index < -0.39 is 12.1 Å². The van der Waals surface area contributed by atoms with Gasteiger partial charge in [-0.2, -0.15) is 4.68 Å². The monoisotopic (exact) mass is 503 g/mol. The molecular formula is C24H24F3N5O4. The number of nitrogens with one attached hydrogen (secondary N) is 2. The number of ether oxygens (including phenoxy) is 2. The van der Waals surface area contributed by atoms with Crippen molar-refractivity contribution in [1.82, 2.24) is 19.7 Å². The molecule has 1 saturated heterocycles. The van der Waals surface area contributed by atoms with Crippen molar-refractivity contribution < 1.29 is 22.6 Å². The first kappa shape index (κ1) is 24.1. The summed E-state index contributed by atoms with van der Waals surface area (Å²) in [5, 5.41) is 10.9. The Hall–Kier alpha value is -3.64. The topological polar surface area (TPSA) is 99.4 Å². The van der Waals surface area contributed by atoms with Crippen LogP contribution in [-0.2, 0) is 24.1 Å². The Morgan fingerprint density at radius 1 is 1.06 bits per heavy atom. The molecule has 12 heteroatoms. The lowest BCUT2D eigenvalue weighted by atomic mass is 10.2. The Morgan fingerprint density at radius 2 is 1.81 bits per heavy atom. The molecule has 9 nitrogen and oxygen atoms in total. The van der Waals surface area contributed by atoms with E-state index in [0.29, 0.717) is 62.3 Å². The maximum atomic E-state index is 13.1. The van der Waals surface area contributed by atoms with Crippen molar-refractivity contribution in [2.75, 3.05) is 25.1 Å². The zero-order chi connectivity index (χ0) is 25.3. The maximum Gasteiger partial charge on any atom is 0.573 e. The Labute approximate surface area is 203 Å². The van der Waals surface area contributed by atoms with E-state index in [1.165, 1.54) is 12.1 Å². The number of hydrogen-bond donors (Lipinski definition) is 2. The van der Waals surface area contributed by atoms with Crippen LogP contribution in [0.1, 0.15) is 17.5 Å². The lowest BCUT2D eigenvalue weighted by Crippen LogP contribution is -2.47. The first-order chi connectivity index (χ1) is 17.3. The first-order valence-electron chi connectivity index (χ1n) is 11.6. The number of benzene rings is 1. The zero-order valence-corrected chi connectivity index (χ0v) is 19.2. The van der Waals surface area contributed by atoms with Crippen molar-refractivity contribution in [3.05, 3.63) is 74.4 Å². The molecule has 0 atom stereocenters. The second kappa shape index (κ2) is 9.78. The minimum absolute atomic E-state index is 0.232. The molecule has 0 spiro atoms.